The molecular weight excluding hydrogens is 384 g/mol. The molecule has 1 heterocycles. The SMILES string of the molecule is CCOc1ccc(-n2c(N)nc3cc(I)ccc32)cc1F. The lowest BCUT2D eigenvalue weighted by molar-refractivity contribution is 0.321. The first-order valence-electron chi connectivity index (χ1n) is 6.46. The Bertz CT molecular complexity index is 816. The van der Waals surface area contributed by atoms with Crippen LogP contribution in [0.5, 0.6) is 5.75 Å². The highest BCUT2D eigenvalue weighted by Gasteiger charge is 2.12. The van der Waals surface area contributed by atoms with Gasteiger partial charge in [0.1, 0.15) is 0 Å². The molecule has 0 radical (unpaired) electrons. The van der Waals surface area contributed by atoms with Crippen molar-refractivity contribution in [3.63, 3.8) is 0 Å². The lowest BCUT2D eigenvalue weighted by Gasteiger charge is -2.09. The zero-order valence-electron chi connectivity index (χ0n) is 11.3. The van der Waals surface area contributed by atoms with Gasteiger partial charge in [0.05, 0.1) is 23.3 Å². The third kappa shape index (κ3) is 2.55. The van der Waals surface area contributed by atoms with Gasteiger partial charge in [-0.15, -0.1) is 0 Å². The van der Waals surface area contributed by atoms with E-state index in [0.717, 1.165) is 14.6 Å². The molecule has 0 amide bonds. The van der Waals surface area contributed by atoms with Crippen molar-refractivity contribution in [1.82, 2.24) is 9.55 Å². The first-order chi connectivity index (χ1) is 10.1. The standard InChI is InChI=1S/C15H13FIN3O/c1-2-21-14-6-4-10(8-11(14)16)20-13-5-3-9(17)7-12(13)19-15(20)18/h3-8H,2H2,1H3,(H2,18,19). The van der Waals surface area contributed by atoms with E-state index >= 15 is 0 Å². The number of hydrogen-bond donors (Lipinski definition) is 1. The van der Waals surface area contributed by atoms with Crippen molar-refractivity contribution < 1.29 is 9.13 Å². The molecule has 0 atom stereocenters. The second-order valence-corrected chi connectivity index (χ2v) is 5.73. The van der Waals surface area contributed by atoms with E-state index in [0.29, 0.717) is 18.2 Å². The van der Waals surface area contributed by atoms with E-state index in [4.69, 9.17) is 10.5 Å². The van der Waals surface area contributed by atoms with E-state index in [1.54, 1.807) is 16.7 Å². The summed E-state index contributed by atoms with van der Waals surface area (Å²) in [5.74, 6) is 0.149. The molecule has 21 heavy (non-hydrogen) atoms. The summed E-state index contributed by atoms with van der Waals surface area (Å²) in [7, 11) is 0. The van der Waals surface area contributed by atoms with Crippen LogP contribution < -0.4 is 10.5 Å². The van der Waals surface area contributed by atoms with Gasteiger partial charge in [-0.1, -0.05) is 0 Å². The molecule has 1 aromatic heterocycles. The summed E-state index contributed by atoms with van der Waals surface area (Å²) in [5.41, 5.74) is 8.23. The Labute approximate surface area is 134 Å². The maximum Gasteiger partial charge on any atom is 0.205 e. The molecule has 0 aliphatic rings. The maximum atomic E-state index is 14.0. The minimum Gasteiger partial charge on any atom is -0.491 e. The quantitative estimate of drug-likeness (QED) is 0.685. The minimum atomic E-state index is -0.416. The third-order valence-corrected chi connectivity index (χ3v) is 3.79. The third-order valence-electron chi connectivity index (χ3n) is 3.12. The average Bonchev–Trinajstić information content (AvgIpc) is 2.76. The van der Waals surface area contributed by atoms with Crippen LogP contribution in [0.3, 0.4) is 0 Å². The first-order valence-corrected chi connectivity index (χ1v) is 7.54. The fraction of sp³-hybridized carbons (Fsp3) is 0.133. The van der Waals surface area contributed by atoms with E-state index in [2.05, 4.69) is 27.6 Å². The number of aromatic nitrogens is 2. The Balaban J connectivity index is 2.16. The van der Waals surface area contributed by atoms with E-state index in [-0.39, 0.29) is 5.75 Å². The topological polar surface area (TPSA) is 53.1 Å². The molecule has 0 saturated heterocycles. The molecule has 4 nitrogen and oxygen atoms in total. The number of halogens is 2. The fourth-order valence-electron chi connectivity index (χ4n) is 2.24. The van der Waals surface area contributed by atoms with Gasteiger partial charge in [-0.3, -0.25) is 4.57 Å². The van der Waals surface area contributed by atoms with E-state index < -0.39 is 5.82 Å². The van der Waals surface area contributed by atoms with Gasteiger partial charge in [-0.2, -0.15) is 0 Å². The summed E-state index contributed by atoms with van der Waals surface area (Å²) < 4.78 is 22.0. The predicted octanol–water partition coefficient (Wildman–Crippen LogP) is 3.75. The second-order valence-electron chi connectivity index (χ2n) is 4.49. The molecule has 0 aliphatic carbocycles. The number of nitrogen functional groups attached to an aromatic ring is 1. The smallest absolute Gasteiger partial charge is 0.205 e. The summed E-state index contributed by atoms with van der Waals surface area (Å²) in [6, 6.07) is 10.6. The fourth-order valence-corrected chi connectivity index (χ4v) is 2.72. The average molecular weight is 397 g/mol. The first kappa shape index (κ1) is 14.1. The van der Waals surface area contributed by atoms with Gasteiger partial charge in [0, 0.05) is 9.64 Å². The summed E-state index contributed by atoms with van der Waals surface area (Å²) in [4.78, 5) is 4.32. The molecule has 6 heteroatoms. The number of hydrogen-bond acceptors (Lipinski definition) is 3. The summed E-state index contributed by atoms with van der Waals surface area (Å²) in [6.45, 7) is 2.24. The molecule has 3 aromatic rings. The van der Waals surface area contributed by atoms with Gasteiger partial charge in [0.15, 0.2) is 11.6 Å². The van der Waals surface area contributed by atoms with Gasteiger partial charge in [-0.05, 0) is 59.8 Å². The summed E-state index contributed by atoms with van der Waals surface area (Å²) >= 11 is 2.22. The van der Waals surface area contributed by atoms with Crippen molar-refractivity contribution in [2.45, 2.75) is 6.92 Å². The molecule has 0 aliphatic heterocycles. The number of anilines is 1. The van der Waals surface area contributed by atoms with Crippen molar-refractivity contribution in [3.05, 3.63) is 45.8 Å². The molecule has 0 unspecified atom stereocenters. The normalized spacial score (nSPS) is 11.0. The molecule has 108 valence electrons. The van der Waals surface area contributed by atoms with Crippen LogP contribution in [0.2, 0.25) is 0 Å². The van der Waals surface area contributed by atoms with Crippen molar-refractivity contribution in [2.75, 3.05) is 12.3 Å². The van der Waals surface area contributed by atoms with Crippen molar-refractivity contribution in [3.8, 4) is 11.4 Å². The van der Waals surface area contributed by atoms with Crippen LogP contribution in [-0.4, -0.2) is 16.2 Å². The van der Waals surface area contributed by atoms with Crippen molar-refractivity contribution >= 4 is 39.6 Å². The Hall–Kier alpha value is -1.83. The predicted molar refractivity (Wildman–Crippen MR) is 89.3 cm³/mol. The number of nitrogens with two attached hydrogens (primary N) is 1. The van der Waals surface area contributed by atoms with E-state index in [9.17, 15) is 4.39 Å². The lowest BCUT2D eigenvalue weighted by Crippen LogP contribution is -2.02. The Morgan fingerprint density at radius 2 is 2.10 bits per heavy atom. The zero-order chi connectivity index (χ0) is 15.0. The van der Waals surface area contributed by atoms with Crippen LogP contribution >= 0.6 is 22.6 Å². The Kier molecular flexibility index (Phi) is 3.71. The minimum absolute atomic E-state index is 0.235. The zero-order valence-corrected chi connectivity index (χ0v) is 13.5. The van der Waals surface area contributed by atoms with E-state index in [1.807, 2.05) is 25.1 Å². The molecule has 0 fully saturated rings. The highest BCUT2D eigenvalue weighted by atomic mass is 127. The van der Waals surface area contributed by atoms with Crippen LogP contribution in [0.25, 0.3) is 16.7 Å². The number of rotatable bonds is 3. The van der Waals surface area contributed by atoms with Crippen LogP contribution in [0.1, 0.15) is 6.92 Å². The van der Waals surface area contributed by atoms with Crippen LogP contribution in [0, 0.1) is 9.39 Å². The molecule has 2 N–H and O–H groups in total. The van der Waals surface area contributed by atoms with Gasteiger partial charge < -0.3 is 10.5 Å². The van der Waals surface area contributed by atoms with Gasteiger partial charge in [0.25, 0.3) is 0 Å². The van der Waals surface area contributed by atoms with Gasteiger partial charge in [-0.25, -0.2) is 9.37 Å². The van der Waals surface area contributed by atoms with Gasteiger partial charge in [0.2, 0.25) is 5.95 Å². The Morgan fingerprint density at radius 1 is 1.29 bits per heavy atom. The number of ether oxygens (including phenoxy) is 1. The number of fused-ring (bicyclic) bond motifs is 1. The van der Waals surface area contributed by atoms with E-state index in [1.165, 1.54) is 6.07 Å². The Morgan fingerprint density at radius 3 is 2.81 bits per heavy atom. The van der Waals surface area contributed by atoms with Crippen molar-refractivity contribution in [2.24, 2.45) is 0 Å². The number of imidazole rings is 1. The molecule has 0 spiro atoms. The van der Waals surface area contributed by atoms with Crippen LogP contribution in [0.4, 0.5) is 10.3 Å². The van der Waals surface area contributed by atoms with Crippen molar-refractivity contribution in [1.29, 1.82) is 0 Å². The summed E-state index contributed by atoms with van der Waals surface area (Å²) in [5, 5.41) is 0. The maximum absolute atomic E-state index is 14.0. The molecular formula is C15H13FIN3O. The summed E-state index contributed by atoms with van der Waals surface area (Å²) in [6.07, 6.45) is 0. The largest absolute Gasteiger partial charge is 0.491 e. The number of benzene rings is 2. The van der Waals surface area contributed by atoms with Gasteiger partial charge >= 0.3 is 0 Å². The number of nitrogens with zero attached hydrogens (tertiary/aromatic N) is 2. The highest BCUT2D eigenvalue weighted by Crippen LogP contribution is 2.27. The molecule has 0 saturated carbocycles. The lowest BCUT2D eigenvalue weighted by atomic mass is 10.2. The highest BCUT2D eigenvalue weighted by molar-refractivity contribution is 14.1. The van der Waals surface area contributed by atoms with Crippen LogP contribution in [0.15, 0.2) is 36.4 Å². The monoisotopic (exact) mass is 397 g/mol. The second kappa shape index (κ2) is 5.51. The molecule has 0 bridgehead atoms. The molecule has 2 aromatic carbocycles. The molecule has 3 rings (SSSR count). The van der Waals surface area contributed by atoms with Crippen LogP contribution in [-0.2, 0) is 0 Å².